The normalized spacial score (nSPS) is 18.9. The molecule has 9 heteroatoms. The summed E-state index contributed by atoms with van der Waals surface area (Å²) in [7, 11) is 0. The fraction of sp³-hybridized carbons (Fsp3) is 0.778. The Hall–Kier alpha value is -1.51. The highest BCUT2D eigenvalue weighted by Crippen LogP contribution is 2.48. The Balaban J connectivity index is 2.54. The van der Waals surface area contributed by atoms with Gasteiger partial charge in [0.05, 0.1) is 0 Å². The van der Waals surface area contributed by atoms with Gasteiger partial charge in [-0.1, -0.05) is 0 Å². The van der Waals surface area contributed by atoms with Gasteiger partial charge in [-0.05, 0) is 12.8 Å². The Morgan fingerprint density at radius 1 is 1.33 bits per heavy atom. The molecule has 1 aliphatic rings. The quantitative estimate of drug-likeness (QED) is 0.574. The average Bonchev–Trinajstić information content (AvgIpc) is 2.97. The van der Waals surface area contributed by atoms with Crippen molar-refractivity contribution in [1.82, 2.24) is 10.6 Å². The summed E-state index contributed by atoms with van der Waals surface area (Å²) in [4.78, 5) is 21.9. The van der Waals surface area contributed by atoms with E-state index in [1.807, 2.05) is 5.32 Å². The van der Waals surface area contributed by atoms with Gasteiger partial charge in [-0.25, -0.2) is 9.59 Å². The molecule has 4 N–H and O–H groups in total. The third-order valence-corrected chi connectivity index (χ3v) is 2.67. The number of carboxylic acid groups (broad SMARTS) is 1. The largest absolute Gasteiger partial charge is 0.480 e. The van der Waals surface area contributed by atoms with Crippen LogP contribution in [-0.4, -0.2) is 46.6 Å². The standard InChI is InChI=1S/C9H13F3N2O4/c10-9(11,12)8(2-3-8)14-7(18)13-5(1-4-15)6(16)17/h5,15H,1-4H2,(H,16,17)(H2,13,14,18)/t5-/m1/s1. The van der Waals surface area contributed by atoms with Crippen molar-refractivity contribution in [3.05, 3.63) is 0 Å². The molecule has 0 radical (unpaired) electrons. The van der Waals surface area contributed by atoms with Crippen LogP contribution in [0.5, 0.6) is 0 Å². The lowest BCUT2D eigenvalue weighted by atomic mass is 10.2. The second kappa shape index (κ2) is 5.01. The van der Waals surface area contributed by atoms with Gasteiger partial charge in [0.15, 0.2) is 0 Å². The maximum absolute atomic E-state index is 12.5. The van der Waals surface area contributed by atoms with Crippen LogP contribution in [0.2, 0.25) is 0 Å². The zero-order valence-electron chi connectivity index (χ0n) is 9.25. The molecule has 0 bridgehead atoms. The van der Waals surface area contributed by atoms with Crippen LogP contribution in [-0.2, 0) is 4.79 Å². The molecule has 0 aromatic rings. The van der Waals surface area contributed by atoms with E-state index in [0.29, 0.717) is 0 Å². The molecule has 0 aromatic heterocycles. The van der Waals surface area contributed by atoms with Gasteiger partial charge in [-0.15, -0.1) is 0 Å². The molecule has 1 rings (SSSR count). The lowest BCUT2D eigenvalue weighted by molar-refractivity contribution is -0.162. The first kappa shape index (κ1) is 14.6. The molecule has 104 valence electrons. The monoisotopic (exact) mass is 270 g/mol. The van der Waals surface area contributed by atoms with Crippen molar-refractivity contribution in [1.29, 1.82) is 0 Å². The van der Waals surface area contributed by atoms with E-state index in [4.69, 9.17) is 10.2 Å². The van der Waals surface area contributed by atoms with E-state index in [-0.39, 0.29) is 19.3 Å². The minimum absolute atomic E-state index is 0.221. The van der Waals surface area contributed by atoms with Crippen molar-refractivity contribution in [2.24, 2.45) is 0 Å². The maximum Gasteiger partial charge on any atom is 0.411 e. The number of carbonyl (C=O) groups is 2. The van der Waals surface area contributed by atoms with Gasteiger partial charge >= 0.3 is 18.2 Å². The van der Waals surface area contributed by atoms with E-state index in [1.54, 1.807) is 5.32 Å². The lowest BCUT2D eigenvalue weighted by Gasteiger charge is -2.22. The number of alkyl halides is 3. The Kier molecular flexibility index (Phi) is 4.05. The number of carbonyl (C=O) groups excluding carboxylic acids is 1. The highest BCUT2D eigenvalue weighted by molar-refractivity contribution is 5.83. The maximum atomic E-state index is 12.5. The number of hydrogen-bond donors (Lipinski definition) is 4. The number of aliphatic hydroxyl groups is 1. The zero-order valence-corrected chi connectivity index (χ0v) is 9.25. The number of carboxylic acids is 1. The number of rotatable bonds is 5. The number of aliphatic hydroxyl groups excluding tert-OH is 1. The molecule has 0 unspecified atom stereocenters. The van der Waals surface area contributed by atoms with E-state index in [9.17, 15) is 22.8 Å². The number of halogens is 3. The second-order valence-electron chi connectivity index (χ2n) is 4.08. The summed E-state index contributed by atoms with van der Waals surface area (Å²) in [5.41, 5.74) is -2.24. The molecule has 1 atom stereocenters. The van der Waals surface area contributed by atoms with Crippen LogP contribution in [0.3, 0.4) is 0 Å². The van der Waals surface area contributed by atoms with E-state index >= 15 is 0 Å². The molecule has 0 saturated heterocycles. The highest BCUT2D eigenvalue weighted by atomic mass is 19.4. The summed E-state index contributed by atoms with van der Waals surface area (Å²) in [6.45, 7) is -0.498. The minimum atomic E-state index is -4.56. The molecular weight excluding hydrogens is 257 g/mol. The van der Waals surface area contributed by atoms with Crippen LogP contribution in [0.25, 0.3) is 0 Å². The third-order valence-electron chi connectivity index (χ3n) is 2.67. The Morgan fingerprint density at radius 2 is 1.89 bits per heavy atom. The van der Waals surface area contributed by atoms with Crippen molar-refractivity contribution < 1.29 is 33.0 Å². The third kappa shape index (κ3) is 3.25. The van der Waals surface area contributed by atoms with Crippen molar-refractivity contribution in [3.63, 3.8) is 0 Å². The van der Waals surface area contributed by atoms with Crippen LogP contribution < -0.4 is 10.6 Å². The lowest BCUT2D eigenvalue weighted by Crippen LogP contribution is -2.54. The van der Waals surface area contributed by atoms with Crippen molar-refractivity contribution in [2.45, 2.75) is 37.0 Å². The topological polar surface area (TPSA) is 98.7 Å². The van der Waals surface area contributed by atoms with E-state index in [1.165, 1.54) is 0 Å². The van der Waals surface area contributed by atoms with Gasteiger partial charge in [0.2, 0.25) is 0 Å². The molecule has 0 heterocycles. The second-order valence-corrected chi connectivity index (χ2v) is 4.08. The van der Waals surface area contributed by atoms with Gasteiger partial charge in [0.1, 0.15) is 11.6 Å². The fourth-order valence-electron chi connectivity index (χ4n) is 1.40. The molecule has 0 aromatic carbocycles. The molecule has 1 aliphatic carbocycles. The van der Waals surface area contributed by atoms with Gasteiger partial charge in [0, 0.05) is 13.0 Å². The fourth-order valence-corrected chi connectivity index (χ4v) is 1.40. The van der Waals surface area contributed by atoms with Crippen molar-refractivity contribution in [3.8, 4) is 0 Å². The van der Waals surface area contributed by atoms with Crippen LogP contribution in [0, 0.1) is 0 Å². The number of hydrogen-bond acceptors (Lipinski definition) is 3. The van der Waals surface area contributed by atoms with Gasteiger partial charge in [0.25, 0.3) is 0 Å². The van der Waals surface area contributed by atoms with Crippen LogP contribution in [0.1, 0.15) is 19.3 Å². The number of nitrogens with one attached hydrogen (secondary N) is 2. The summed E-state index contributed by atoms with van der Waals surface area (Å²) < 4.78 is 37.5. The predicted octanol–water partition coefficient (Wildman–Crippen LogP) is 0.216. The first-order valence-corrected chi connectivity index (χ1v) is 5.21. The van der Waals surface area contributed by atoms with Crippen molar-refractivity contribution in [2.75, 3.05) is 6.61 Å². The Labute approximate surface area is 100 Å². The van der Waals surface area contributed by atoms with Crippen molar-refractivity contribution >= 4 is 12.0 Å². The summed E-state index contributed by atoms with van der Waals surface area (Å²) in [5.74, 6) is -1.42. The van der Waals surface area contributed by atoms with Gasteiger partial charge in [-0.2, -0.15) is 13.2 Å². The van der Waals surface area contributed by atoms with Crippen LogP contribution in [0.15, 0.2) is 0 Å². The van der Waals surface area contributed by atoms with E-state index in [2.05, 4.69) is 0 Å². The number of aliphatic carboxylic acids is 1. The summed E-state index contributed by atoms with van der Waals surface area (Å²) in [5, 5.41) is 20.8. The molecule has 0 spiro atoms. The molecule has 18 heavy (non-hydrogen) atoms. The summed E-state index contributed by atoms with van der Waals surface area (Å²) in [6, 6.07) is -2.62. The molecule has 1 fully saturated rings. The summed E-state index contributed by atoms with van der Waals surface area (Å²) >= 11 is 0. The molecule has 2 amide bonds. The first-order valence-electron chi connectivity index (χ1n) is 5.21. The predicted molar refractivity (Wildman–Crippen MR) is 52.8 cm³/mol. The van der Waals surface area contributed by atoms with Gasteiger partial charge in [-0.3, -0.25) is 0 Å². The smallest absolute Gasteiger partial charge is 0.411 e. The molecule has 1 saturated carbocycles. The zero-order chi connectivity index (χ0) is 14.0. The van der Waals surface area contributed by atoms with E-state index < -0.39 is 36.4 Å². The van der Waals surface area contributed by atoms with Gasteiger partial charge < -0.3 is 20.8 Å². The minimum Gasteiger partial charge on any atom is -0.480 e. The summed E-state index contributed by atoms with van der Waals surface area (Å²) in [6.07, 6.45) is -5.27. The highest BCUT2D eigenvalue weighted by Gasteiger charge is 2.64. The van der Waals surface area contributed by atoms with E-state index in [0.717, 1.165) is 0 Å². The Morgan fingerprint density at radius 3 is 2.22 bits per heavy atom. The number of urea groups is 1. The molecule has 6 nitrogen and oxygen atoms in total. The number of amides is 2. The van der Waals surface area contributed by atoms with Crippen LogP contribution in [0.4, 0.5) is 18.0 Å². The Bertz CT molecular complexity index is 341. The molecule has 0 aliphatic heterocycles. The first-order chi connectivity index (χ1) is 8.22. The van der Waals surface area contributed by atoms with Crippen LogP contribution >= 0.6 is 0 Å². The SMILES string of the molecule is O=C(N[C@H](CCO)C(=O)O)NC1(C(F)(F)F)CC1. The molecular formula is C9H13F3N2O4. The average molecular weight is 270 g/mol.